The lowest BCUT2D eigenvalue weighted by molar-refractivity contribution is 0.0357. The van der Waals surface area contributed by atoms with E-state index in [0.717, 1.165) is 62.2 Å². The Morgan fingerprint density at radius 1 is 1.41 bits per heavy atom. The minimum absolute atomic E-state index is 0.273. The lowest BCUT2D eigenvalue weighted by atomic mass is 10.0. The van der Waals surface area contributed by atoms with E-state index in [1.807, 2.05) is 13.0 Å². The molecule has 0 atom stereocenters. The Morgan fingerprint density at radius 3 is 2.96 bits per heavy atom. The van der Waals surface area contributed by atoms with Crippen LogP contribution in [-0.2, 0) is 11.2 Å². The number of aryl methyl sites for hydroxylation is 1. The molecule has 2 aromatic rings. The number of aromatic nitrogens is 1. The van der Waals surface area contributed by atoms with Gasteiger partial charge in [0.25, 0.3) is 5.91 Å². The summed E-state index contributed by atoms with van der Waals surface area (Å²) in [5, 5.41) is 4.11. The fourth-order valence-corrected chi connectivity index (χ4v) is 3.21. The summed E-state index contributed by atoms with van der Waals surface area (Å²) in [6.45, 7) is 6.81. The van der Waals surface area contributed by atoms with Gasteiger partial charge >= 0.3 is 0 Å². The second-order valence-electron chi connectivity index (χ2n) is 6.34. The average Bonchev–Trinajstić information content (AvgIpc) is 2.71. The summed E-state index contributed by atoms with van der Waals surface area (Å²) in [6, 6.07) is 5.39. The van der Waals surface area contributed by atoms with Crippen LogP contribution in [0.3, 0.4) is 0 Å². The van der Waals surface area contributed by atoms with Gasteiger partial charge in [-0.3, -0.25) is 14.7 Å². The minimum Gasteiger partial charge on any atom is -0.493 e. The Labute approximate surface area is 157 Å². The first kappa shape index (κ1) is 19.1. The number of ether oxygens (including phenoxy) is 2. The van der Waals surface area contributed by atoms with Gasteiger partial charge in [-0.25, -0.2) is 0 Å². The number of pyridine rings is 1. The molecule has 2 heterocycles. The third-order valence-electron chi connectivity index (χ3n) is 4.66. The van der Waals surface area contributed by atoms with Crippen LogP contribution in [0.5, 0.6) is 5.75 Å². The molecule has 0 aliphatic carbocycles. The van der Waals surface area contributed by atoms with E-state index in [2.05, 4.69) is 19.9 Å². The van der Waals surface area contributed by atoms with E-state index in [4.69, 9.17) is 15.0 Å². The number of carbonyl (C=O) groups excluding carboxylic acids is 1. The quantitative estimate of drug-likeness (QED) is 0.322. The van der Waals surface area contributed by atoms with Gasteiger partial charge in [0.1, 0.15) is 5.75 Å². The fourth-order valence-electron chi connectivity index (χ4n) is 3.21. The molecule has 1 saturated heterocycles. The predicted molar refractivity (Wildman–Crippen MR) is 102 cm³/mol. The second kappa shape index (κ2) is 9.32. The number of carbonyl (C=O) groups is 1. The van der Waals surface area contributed by atoms with Crippen molar-refractivity contribution >= 4 is 16.8 Å². The fraction of sp³-hybridized carbons (Fsp3) is 0.474. The summed E-state index contributed by atoms with van der Waals surface area (Å²) in [5.74, 6) is -0.240. The molecule has 1 fully saturated rings. The molecule has 8 heteroatoms. The van der Waals surface area contributed by atoms with Crippen molar-refractivity contribution in [2.24, 2.45) is 5.11 Å². The summed E-state index contributed by atoms with van der Waals surface area (Å²) < 4.78 is 11.2. The number of hydrogen-bond donors (Lipinski definition) is 0. The number of hydrogen-bond acceptors (Lipinski definition) is 5. The number of benzene rings is 1. The Balaban J connectivity index is 1.78. The van der Waals surface area contributed by atoms with Gasteiger partial charge in [-0.2, -0.15) is 0 Å². The zero-order valence-corrected chi connectivity index (χ0v) is 15.4. The van der Waals surface area contributed by atoms with Crippen LogP contribution >= 0.6 is 0 Å². The van der Waals surface area contributed by atoms with Crippen LogP contribution in [0.25, 0.3) is 21.3 Å². The maximum absolute atomic E-state index is 12.2. The van der Waals surface area contributed by atoms with Crippen LogP contribution in [0.2, 0.25) is 0 Å². The van der Waals surface area contributed by atoms with Gasteiger partial charge < -0.3 is 9.47 Å². The highest BCUT2D eigenvalue weighted by atomic mass is 16.5. The molecule has 1 aromatic carbocycles. The molecule has 8 nitrogen and oxygen atoms in total. The highest BCUT2D eigenvalue weighted by molar-refractivity contribution is 6.02. The lowest BCUT2D eigenvalue weighted by Crippen LogP contribution is -2.37. The Kier molecular flexibility index (Phi) is 6.59. The molecule has 0 bridgehead atoms. The van der Waals surface area contributed by atoms with E-state index in [-0.39, 0.29) is 5.56 Å². The number of nitrogens with zero attached hydrogens (tertiary/aromatic N) is 5. The highest BCUT2D eigenvalue weighted by Gasteiger charge is 2.15. The SMILES string of the molecule is CCc1ccnc2cc(OCCCN3CCOCC3)c(C(=O)N=[N+]=[N-])cc12. The van der Waals surface area contributed by atoms with E-state index in [1.54, 1.807) is 18.3 Å². The van der Waals surface area contributed by atoms with Crippen molar-refractivity contribution in [1.29, 1.82) is 0 Å². The van der Waals surface area contributed by atoms with Gasteiger partial charge in [0.05, 0.1) is 30.9 Å². The monoisotopic (exact) mass is 369 g/mol. The van der Waals surface area contributed by atoms with Crippen molar-refractivity contribution < 1.29 is 14.3 Å². The third-order valence-corrected chi connectivity index (χ3v) is 4.66. The number of rotatable bonds is 7. The number of morpholine rings is 1. The topological polar surface area (TPSA) is 100 Å². The molecule has 27 heavy (non-hydrogen) atoms. The molecular weight excluding hydrogens is 346 g/mol. The van der Waals surface area contributed by atoms with Crippen LogP contribution in [-0.4, -0.2) is 55.2 Å². The van der Waals surface area contributed by atoms with Crippen molar-refractivity contribution in [3.05, 3.63) is 46.0 Å². The molecule has 0 saturated carbocycles. The maximum Gasteiger partial charge on any atom is 0.252 e. The number of amides is 1. The summed E-state index contributed by atoms with van der Waals surface area (Å²) >= 11 is 0. The average molecular weight is 369 g/mol. The highest BCUT2D eigenvalue weighted by Crippen LogP contribution is 2.28. The first-order chi connectivity index (χ1) is 13.2. The molecule has 0 radical (unpaired) electrons. The van der Waals surface area contributed by atoms with Crippen LogP contribution in [0.1, 0.15) is 29.3 Å². The van der Waals surface area contributed by atoms with Gasteiger partial charge in [-0.15, -0.1) is 0 Å². The van der Waals surface area contributed by atoms with Crippen LogP contribution < -0.4 is 4.74 Å². The molecule has 3 rings (SSSR count). The molecular formula is C19H23N5O3. The number of azide groups is 1. The predicted octanol–water partition coefficient (Wildman–Crippen LogP) is 3.35. The van der Waals surface area contributed by atoms with E-state index in [0.29, 0.717) is 12.4 Å². The maximum atomic E-state index is 12.2. The van der Waals surface area contributed by atoms with Crippen molar-refractivity contribution in [3.8, 4) is 5.75 Å². The van der Waals surface area contributed by atoms with E-state index in [9.17, 15) is 4.79 Å². The van der Waals surface area contributed by atoms with Crippen LogP contribution in [0, 0.1) is 0 Å². The van der Waals surface area contributed by atoms with Gasteiger partial charge in [0.15, 0.2) is 0 Å². The van der Waals surface area contributed by atoms with Gasteiger partial charge in [0, 0.05) is 42.2 Å². The molecule has 1 amide bonds. The molecule has 142 valence electrons. The van der Waals surface area contributed by atoms with E-state index in [1.165, 1.54) is 0 Å². The van der Waals surface area contributed by atoms with Crippen molar-refractivity contribution in [2.75, 3.05) is 39.5 Å². The Morgan fingerprint density at radius 2 is 2.22 bits per heavy atom. The Bertz CT molecular complexity index is 858. The molecule has 0 N–H and O–H groups in total. The number of fused-ring (bicyclic) bond motifs is 1. The molecule has 1 aromatic heterocycles. The summed E-state index contributed by atoms with van der Waals surface area (Å²) in [6.07, 6.45) is 3.39. The standard InChI is InChI=1S/C19H23N5O3/c1-2-14-4-5-21-17-13-18(16(12-15(14)17)19(25)22-23-20)27-9-3-6-24-7-10-26-11-8-24/h4-5,12-13H,2-3,6-11H2,1H3. The molecule has 1 aliphatic rings. The zero-order valence-electron chi connectivity index (χ0n) is 15.4. The molecule has 1 aliphatic heterocycles. The van der Waals surface area contributed by atoms with E-state index >= 15 is 0 Å². The summed E-state index contributed by atoms with van der Waals surface area (Å²) in [4.78, 5) is 21.6. The third kappa shape index (κ3) is 4.74. The normalized spacial score (nSPS) is 14.7. The largest absolute Gasteiger partial charge is 0.493 e. The van der Waals surface area contributed by atoms with Crippen LogP contribution in [0.15, 0.2) is 29.5 Å². The van der Waals surface area contributed by atoms with Crippen molar-refractivity contribution in [2.45, 2.75) is 19.8 Å². The van der Waals surface area contributed by atoms with Gasteiger partial charge in [-0.05, 0) is 41.2 Å². The summed E-state index contributed by atoms with van der Waals surface area (Å²) in [7, 11) is 0. The van der Waals surface area contributed by atoms with Gasteiger partial charge in [-0.1, -0.05) is 6.92 Å². The minimum atomic E-state index is -0.645. The zero-order chi connectivity index (χ0) is 19.1. The van der Waals surface area contributed by atoms with Gasteiger partial charge in [0.2, 0.25) is 0 Å². The first-order valence-electron chi connectivity index (χ1n) is 9.17. The second-order valence-corrected chi connectivity index (χ2v) is 6.34. The summed E-state index contributed by atoms with van der Waals surface area (Å²) in [5.41, 5.74) is 10.7. The first-order valence-corrected chi connectivity index (χ1v) is 9.17. The molecule has 0 unspecified atom stereocenters. The smallest absolute Gasteiger partial charge is 0.252 e. The Hall–Kier alpha value is -2.67. The van der Waals surface area contributed by atoms with Crippen molar-refractivity contribution in [1.82, 2.24) is 9.88 Å². The molecule has 0 spiro atoms. The van der Waals surface area contributed by atoms with Crippen molar-refractivity contribution in [3.63, 3.8) is 0 Å². The van der Waals surface area contributed by atoms with Crippen LogP contribution in [0.4, 0.5) is 0 Å². The lowest BCUT2D eigenvalue weighted by Gasteiger charge is -2.26. The van der Waals surface area contributed by atoms with E-state index < -0.39 is 5.91 Å².